The summed E-state index contributed by atoms with van der Waals surface area (Å²) in [5.41, 5.74) is -0.01000. The van der Waals surface area contributed by atoms with Gasteiger partial charge in [-0.25, -0.2) is 18.4 Å². The van der Waals surface area contributed by atoms with E-state index in [1.807, 2.05) is 0 Å². The van der Waals surface area contributed by atoms with Gasteiger partial charge in [-0.1, -0.05) is 40.9 Å². The Morgan fingerprint density at radius 2 is 1.64 bits per heavy atom. The van der Waals surface area contributed by atoms with Crippen LogP contribution in [0.4, 0.5) is 0 Å². The minimum atomic E-state index is -4.05. The standard InChI is InChI=1S/C15H12Cl3NO5S/c16-10-5-4-9(8-13(10)25(19,21)22)15(20)24-7-6-23-14-11(17)2-1-3-12(14)18/h1-5,8H,6-7H2,(H2,19,21,22). The third-order valence-electron chi connectivity index (χ3n) is 2.96. The van der Waals surface area contributed by atoms with E-state index in [9.17, 15) is 13.2 Å². The van der Waals surface area contributed by atoms with Gasteiger partial charge in [0, 0.05) is 0 Å². The first-order chi connectivity index (χ1) is 11.7. The Hall–Kier alpha value is -1.51. The number of primary sulfonamides is 1. The molecule has 2 aromatic carbocycles. The summed E-state index contributed by atoms with van der Waals surface area (Å²) >= 11 is 17.6. The molecule has 2 N–H and O–H groups in total. The fraction of sp³-hybridized carbons (Fsp3) is 0.133. The van der Waals surface area contributed by atoms with E-state index >= 15 is 0 Å². The van der Waals surface area contributed by atoms with E-state index in [-0.39, 0.29) is 34.4 Å². The van der Waals surface area contributed by atoms with Crippen molar-refractivity contribution in [2.24, 2.45) is 5.14 Å². The first kappa shape index (κ1) is 19.8. The second kappa shape index (κ2) is 8.25. The minimum Gasteiger partial charge on any atom is -0.487 e. The molecule has 10 heteroatoms. The molecule has 0 saturated heterocycles. The summed E-state index contributed by atoms with van der Waals surface area (Å²) in [6.07, 6.45) is 0. The van der Waals surface area contributed by atoms with Gasteiger partial charge in [0.05, 0.1) is 20.6 Å². The van der Waals surface area contributed by atoms with Crippen LogP contribution in [0.2, 0.25) is 15.1 Å². The smallest absolute Gasteiger partial charge is 0.338 e. The van der Waals surface area contributed by atoms with Gasteiger partial charge in [-0.3, -0.25) is 0 Å². The molecule has 0 aromatic heterocycles. The molecule has 0 spiro atoms. The number of para-hydroxylation sites is 1. The van der Waals surface area contributed by atoms with Gasteiger partial charge in [-0.2, -0.15) is 0 Å². The van der Waals surface area contributed by atoms with Gasteiger partial charge in [0.15, 0.2) is 5.75 Å². The number of hydrogen-bond donors (Lipinski definition) is 1. The SMILES string of the molecule is NS(=O)(=O)c1cc(C(=O)OCCOc2c(Cl)cccc2Cl)ccc1Cl. The highest BCUT2D eigenvalue weighted by molar-refractivity contribution is 7.89. The van der Waals surface area contributed by atoms with E-state index < -0.39 is 16.0 Å². The molecular weight excluding hydrogens is 413 g/mol. The molecule has 0 amide bonds. The fourth-order valence-electron chi connectivity index (χ4n) is 1.83. The normalized spacial score (nSPS) is 11.2. The van der Waals surface area contributed by atoms with Crippen LogP contribution in [0.3, 0.4) is 0 Å². The van der Waals surface area contributed by atoms with Gasteiger partial charge >= 0.3 is 5.97 Å². The molecule has 2 aromatic rings. The quantitative estimate of drug-likeness (QED) is 0.565. The summed E-state index contributed by atoms with van der Waals surface area (Å²) in [4.78, 5) is 11.6. The zero-order chi connectivity index (χ0) is 18.6. The molecule has 0 unspecified atom stereocenters. The van der Waals surface area contributed by atoms with Crippen LogP contribution in [-0.2, 0) is 14.8 Å². The highest BCUT2D eigenvalue weighted by Gasteiger charge is 2.17. The molecule has 0 radical (unpaired) electrons. The van der Waals surface area contributed by atoms with Crippen LogP contribution in [0.15, 0.2) is 41.3 Å². The predicted octanol–water partition coefficient (Wildman–Crippen LogP) is 3.53. The van der Waals surface area contributed by atoms with E-state index in [1.54, 1.807) is 18.2 Å². The average Bonchev–Trinajstić information content (AvgIpc) is 2.52. The first-order valence-electron chi connectivity index (χ1n) is 6.76. The highest BCUT2D eigenvalue weighted by Crippen LogP contribution is 2.32. The predicted molar refractivity (Wildman–Crippen MR) is 95.1 cm³/mol. The Bertz CT molecular complexity index is 882. The number of halogens is 3. The number of hydrogen-bond acceptors (Lipinski definition) is 5. The maximum absolute atomic E-state index is 12.0. The number of carbonyl (C=O) groups excluding carboxylic acids is 1. The fourth-order valence-corrected chi connectivity index (χ4v) is 3.41. The lowest BCUT2D eigenvalue weighted by molar-refractivity contribution is 0.0450. The first-order valence-corrected chi connectivity index (χ1v) is 9.44. The van der Waals surface area contributed by atoms with Crippen LogP contribution >= 0.6 is 34.8 Å². The second-order valence-corrected chi connectivity index (χ2v) is 7.48. The van der Waals surface area contributed by atoms with Crippen LogP contribution in [0.1, 0.15) is 10.4 Å². The Balaban J connectivity index is 1.97. The molecule has 0 aliphatic heterocycles. The van der Waals surface area contributed by atoms with Gasteiger partial charge in [0.2, 0.25) is 10.0 Å². The molecule has 0 fully saturated rings. The maximum Gasteiger partial charge on any atom is 0.338 e. The summed E-state index contributed by atoms with van der Waals surface area (Å²) in [5, 5.41) is 5.60. The van der Waals surface area contributed by atoms with E-state index in [1.165, 1.54) is 12.1 Å². The molecule has 25 heavy (non-hydrogen) atoms. The molecule has 6 nitrogen and oxygen atoms in total. The van der Waals surface area contributed by atoms with E-state index in [0.717, 1.165) is 6.07 Å². The summed E-state index contributed by atoms with van der Waals surface area (Å²) in [5.74, 6) is -0.472. The Morgan fingerprint density at radius 1 is 1.00 bits per heavy atom. The van der Waals surface area contributed by atoms with Crippen molar-refractivity contribution >= 4 is 50.8 Å². The Kier molecular flexibility index (Phi) is 6.53. The van der Waals surface area contributed by atoms with Crippen molar-refractivity contribution in [3.8, 4) is 5.75 Å². The Labute approximate surface area is 159 Å². The molecule has 0 saturated carbocycles. The summed E-state index contributed by atoms with van der Waals surface area (Å²) < 4.78 is 33.2. The van der Waals surface area contributed by atoms with Crippen LogP contribution < -0.4 is 9.88 Å². The molecule has 0 atom stereocenters. The van der Waals surface area contributed by atoms with E-state index in [4.69, 9.17) is 49.4 Å². The molecule has 0 heterocycles. The van der Waals surface area contributed by atoms with Crippen LogP contribution in [-0.4, -0.2) is 27.6 Å². The number of benzene rings is 2. The molecule has 2 rings (SSSR count). The average molecular weight is 425 g/mol. The number of sulfonamides is 1. The number of rotatable bonds is 6. The van der Waals surface area contributed by atoms with Crippen molar-refractivity contribution in [3.05, 3.63) is 57.0 Å². The van der Waals surface area contributed by atoms with E-state index in [0.29, 0.717) is 10.0 Å². The topological polar surface area (TPSA) is 95.7 Å². The van der Waals surface area contributed by atoms with Crippen molar-refractivity contribution in [1.82, 2.24) is 0 Å². The second-order valence-electron chi connectivity index (χ2n) is 4.73. The lowest BCUT2D eigenvalue weighted by Crippen LogP contribution is -2.16. The van der Waals surface area contributed by atoms with Gasteiger partial charge < -0.3 is 9.47 Å². The highest BCUT2D eigenvalue weighted by atomic mass is 35.5. The summed E-state index contributed by atoms with van der Waals surface area (Å²) in [6.45, 7) is -0.0987. The van der Waals surface area contributed by atoms with Gasteiger partial charge in [-0.05, 0) is 30.3 Å². The summed E-state index contributed by atoms with van der Waals surface area (Å²) in [7, 11) is -4.05. The number of ether oxygens (including phenoxy) is 2. The third-order valence-corrected chi connectivity index (χ3v) is 4.94. The van der Waals surface area contributed by atoms with E-state index in [2.05, 4.69) is 0 Å². The van der Waals surface area contributed by atoms with Crippen molar-refractivity contribution in [3.63, 3.8) is 0 Å². The van der Waals surface area contributed by atoms with Gasteiger partial charge in [-0.15, -0.1) is 0 Å². The largest absolute Gasteiger partial charge is 0.487 e. The van der Waals surface area contributed by atoms with Crippen LogP contribution in [0.25, 0.3) is 0 Å². The number of esters is 1. The number of carbonyl (C=O) groups is 1. The molecular formula is C15H12Cl3NO5S. The lowest BCUT2D eigenvalue weighted by Gasteiger charge is -2.10. The monoisotopic (exact) mass is 423 g/mol. The molecule has 0 aliphatic rings. The van der Waals surface area contributed by atoms with Crippen molar-refractivity contribution < 1.29 is 22.7 Å². The summed E-state index contributed by atoms with van der Waals surface area (Å²) in [6, 6.07) is 8.50. The molecule has 0 aliphatic carbocycles. The maximum atomic E-state index is 12.0. The zero-order valence-corrected chi connectivity index (χ0v) is 15.6. The van der Waals surface area contributed by atoms with Gasteiger partial charge in [0.25, 0.3) is 0 Å². The zero-order valence-electron chi connectivity index (χ0n) is 12.5. The van der Waals surface area contributed by atoms with Crippen molar-refractivity contribution in [2.75, 3.05) is 13.2 Å². The Morgan fingerprint density at radius 3 is 2.24 bits per heavy atom. The minimum absolute atomic E-state index is 0.00479. The van der Waals surface area contributed by atoms with Crippen molar-refractivity contribution in [1.29, 1.82) is 0 Å². The van der Waals surface area contributed by atoms with Crippen molar-refractivity contribution in [2.45, 2.75) is 4.90 Å². The van der Waals surface area contributed by atoms with Crippen LogP contribution in [0.5, 0.6) is 5.75 Å². The lowest BCUT2D eigenvalue weighted by atomic mass is 10.2. The number of nitrogens with two attached hydrogens (primary N) is 1. The van der Waals surface area contributed by atoms with Gasteiger partial charge in [0.1, 0.15) is 18.1 Å². The molecule has 134 valence electrons. The van der Waals surface area contributed by atoms with Crippen LogP contribution in [0, 0.1) is 0 Å². The molecule has 0 bridgehead atoms. The third kappa shape index (κ3) is 5.23.